The Kier molecular flexibility index (Phi) is 3.96. The second kappa shape index (κ2) is 5.66. The Bertz CT molecular complexity index is 506. The van der Waals surface area contributed by atoms with Crippen LogP contribution in [0.1, 0.15) is 33.6 Å². The van der Waals surface area contributed by atoms with Crippen LogP contribution in [0.2, 0.25) is 0 Å². The minimum atomic E-state index is 0.372. The molecule has 0 aliphatic rings. The van der Waals surface area contributed by atoms with Gasteiger partial charge >= 0.3 is 0 Å². The Hall–Kier alpha value is -1.85. The first-order valence-corrected chi connectivity index (χ1v) is 6.46. The summed E-state index contributed by atoms with van der Waals surface area (Å²) in [5, 5.41) is 14.4. The Morgan fingerprint density at radius 1 is 1.33 bits per heavy atom. The van der Waals surface area contributed by atoms with E-state index in [0.717, 1.165) is 36.2 Å². The second-order valence-electron chi connectivity index (χ2n) is 4.41. The van der Waals surface area contributed by atoms with Crippen LogP contribution >= 0.6 is 0 Å². The number of aromatic nitrogens is 4. The first-order chi connectivity index (χ1) is 8.74. The lowest BCUT2D eigenvalue weighted by molar-refractivity contribution is 0.760. The van der Waals surface area contributed by atoms with Gasteiger partial charge in [-0.2, -0.15) is 15.1 Å². The van der Waals surface area contributed by atoms with Crippen molar-refractivity contribution < 1.29 is 0 Å². The van der Waals surface area contributed by atoms with Gasteiger partial charge in [-0.05, 0) is 19.8 Å². The maximum atomic E-state index is 4.51. The Morgan fingerprint density at radius 3 is 2.89 bits per heavy atom. The van der Waals surface area contributed by atoms with Crippen LogP contribution in [0, 0.1) is 0 Å². The lowest BCUT2D eigenvalue weighted by Crippen LogP contribution is -2.16. The van der Waals surface area contributed by atoms with Crippen molar-refractivity contribution in [2.24, 2.45) is 0 Å². The molecule has 0 saturated carbocycles. The average Bonchev–Trinajstić information content (AvgIpc) is 2.84. The smallest absolute Gasteiger partial charge is 0.226 e. The third kappa shape index (κ3) is 2.69. The van der Waals surface area contributed by atoms with Crippen molar-refractivity contribution in [1.82, 2.24) is 20.2 Å². The standard InChI is InChI=1S/C12H20N6/c1-4-6-13-12-16-10(15-8(3)5-2)9-7-14-18-11(9)17-12/h7-8H,4-6H2,1-3H3,(H3,13,14,15,16,17,18). The molecule has 0 aliphatic carbocycles. The molecule has 0 aliphatic heterocycles. The van der Waals surface area contributed by atoms with E-state index < -0.39 is 0 Å². The molecule has 6 nitrogen and oxygen atoms in total. The molecular formula is C12H20N6. The molecule has 2 aromatic rings. The van der Waals surface area contributed by atoms with Crippen molar-refractivity contribution in [3.8, 4) is 0 Å². The van der Waals surface area contributed by atoms with Crippen molar-refractivity contribution in [2.45, 2.75) is 39.7 Å². The highest BCUT2D eigenvalue weighted by Crippen LogP contribution is 2.20. The van der Waals surface area contributed by atoms with Crippen LogP contribution in [0.15, 0.2) is 6.20 Å². The number of H-pyrrole nitrogens is 1. The lowest BCUT2D eigenvalue weighted by Gasteiger charge is -2.13. The average molecular weight is 248 g/mol. The predicted octanol–water partition coefficient (Wildman–Crippen LogP) is 2.39. The molecule has 0 aromatic carbocycles. The van der Waals surface area contributed by atoms with Crippen molar-refractivity contribution in [2.75, 3.05) is 17.2 Å². The molecule has 6 heteroatoms. The zero-order valence-corrected chi connectivity index (χ0v) is 11.1. The zero-order valence-electron chi connectivity index (χ0n) is 11.1. The molecule has 1 unspecified atom stereocenters. The number of anilines is 2. The number of fused-ring (bicyclic) bond motifs is 1. The highest BCUT2D eigenvalue weighted by molar-refractivity contribution is 5.87. The summed E-state index contributed by atoms with van der Waals surface area (Å²) in [6.07, 6.45) is 3.84. The van der Waals surface area contributed by atoms with Crippen LogP contribution in [-0.2, 0) is 0 Å². The first kappa shape index (κ1) is 12.6. The number of hydrogen-bond acceptors (Lipinski definition) is 5. The molecule has 1 atom stereocenters. The van der Waals surface area contributed by atoms with Gasteiger partial charge in [-0.1, -0.05) is 13.8 Å². The first-order valence-electron chi connectivity index (χ1n) is 6.46. The fourth-order valence-corrected chi connectivity index (χ4v) is 1.60. The molecule has 0 radical (unpaired) electrons. The van der Waals surface area contributed by atoms with Gasteiger partial charge in [0.2, 0.25) is 5.95 Å². The molecule has 0 saturated heterocycles. The molecule has 0 fully saturated rings. The molecule has 18 heavy (non-hydrogen) atoms. The summed E-state index contributed by atoms with van der Waals surface area (Å²) < 4.78 is 0. The monoisotopic (exact) mass is 248 g/mol. The summed E-state index contributed by atoms with van der Waals surface area (Å²) in [6.45, 7) is 7.25. The Labute approximate surface area is 107 Å². The van der Waals surface area contributed by atoms with Crippen LogP contribution < -0.4 is 10.6 Å². The van der Waals surface area contributed by atoms with Crippen molar-refractivity contribution in [3.05, 3.63) is 6.20 Å². The minimum absolute atomic E-state index is 0.372. The molecule has 2 heterocycles. The van der Waals surface area contributed by atoms with Crippen LogP contribution in [0.5, 0.6) is 0 Å². The Balaban J connectivity index is 2.32. The fourth-order valence-electron chi connectivity index (χ4n) is 1.60. The van der Waals surface area contributed by atoms with E-state index >= 15 is 0 Å². The predicted molar refractivity (Wildman–Crippen MR) is 73.8 cm³/mol. The molecule has 2 rings (SSSR count). The fraction of sp³-hybridized carbons (Fsp3) is 0.583. The van der Waals surface area contributed by atoms with E-state index in [1.165, 1.54) is 0 Å². The van der Waals surface area contributed by atoms with Gasteiger partial charge in [-0.3, -0.25) is 5.10 Å². The van der Waals surface area contributed by atoms with Gasteiger partial charge in [0.25, 0.3) is 0 Å². The third-order valence-corrected chi connectivity index (χ3v) is 2.84. The molecule has 0 bridgehead atoms. The third-order valence-electron chi connectivity index (χ3n) is 2.84. The summed E-state index contributed by atoms with van der Waals surface area (Å²) in [5.41, 5.74) is 0.759. The largest absolute Gasteiger partial charge is 0.367 e. The number of hydrogen-bond donors (Lipinski definition) is 3. The van der Waals surface area contributed by atoms with Crippen molar-refractivity contribution >= 4 is 22.8 Å². The summed E-state index contributed by atoms with van der Waals surface area (Å²) in [7, 11) is 0. The van der Waals surface area contributed by atoms with E-state index in [1.807, 2.05) is 0 Å². The van der Waals surface area contributed by atoms with E-state index in [1.54, 1.807) is 6.20 Å². The number of aromatic amines is 1. The topological polar surface area (TPSA) is 78.5 Å². The van der Waals surface area contributed by atoms with Gasteiger partial charge < -0.3 is 10.6 Å². The van der Waals surface area contributed by atoms with E-state index in [9.17, 15) is 0 Å². The van der Waals surface area contributed by atoms with E-state index in [-0.39, 0.29) is 0 Å². The second-order valence-corrected chi connectivity index (χ2v) is 4.41. The van der Waals surface area contributed by atoms with Crippen molar-refractivity contribution in [3.63, 3.8) is 0 Å². The van der Waals surface area contributed by atoms with Gasteiger partial charge in [-0.15, -0.1) is 0 Å². The quantitative estimate of drug-likeness (QED) is 0.731. The van der Waals surface area contributed by atoms with Crippen LogP contribution in [0.25, 0.3) is 11.0 Å². The van der Waals surface area contributed by atoms with Crippen LogP contribution in [0.4, 0.5) is 11.8 Å². The van der Waals surface area contributed by atoms with E-state index in [4.69, 9.17) is 0 Å². The molecular weight excluding hydrogens is 228 g/mol. The zero-order chi connectivity index (χ0) is 13.0. The highest BCUT2D eigenvalue weighted by atomic mass is 15.2. The van der Waals surface area contributed by atoms with Gasteiger partial charge in [0.1, 0.15) is 5.82 Å². The van der Waals surface area contributed by atoms with Crippen LogP contribution in [-0.4, -0.2) is 32.8 Å². The number of rotatable bonds is 6. The van der Waals surface area contributed by atoms with Gasteiger partial charge in [0.15, 0.2) is 5.65 Å². The molecule has 0 amide bonds. The maximum Gasteiger partial charge on any atom is 0.226 e. The molecule has 0 spiro atoms. The summed E-state index contributed by atoms with van der Waals surface area (Å²) in [6, 6.07) is 0.372. The maximum absolute atomic E-state index is 4.51. The number of nitrogens with one attached hydrogen (secondary N) is 3. The highest BCUT2D eigenvalue weighted by Gasteiger charge is 2.10. The minimum Gasteiger partial charge on any atom is -0.367 e. The molecule has 2 aromatic heterocycles. The summed E-state index contributed by atoms with van der Waals surface area (Å²) >= 11 is 0. The van der Waals surface area contributed by atoms with Gasteiger partial charge in [0.05, 0.1) is 11.6 Å². The van der Waals surface area contributed by atoms with Gasteiger partial charge in [-0.25, -0.2) is 0 Å². The summed E-state index contributed by atoms with van der Waals surface area (Å²) in [5.74, 6) is 1.47. The Morgan fingerprint density at radius 2 is 2.17 bits per heavy atom. The lowest BCUT2D eigenvalue weighted by atomic mass is 10.2. The molecule has 98 valence electrons. The number of nitrogens with zero attached hydrogens (tertiary/aromatic N) is 3. The normalized spacial score (nSPS) is 12.6. The van der Waals surface area contributed by atoms with E-state index in [0.29, 0.717) is 12.0 Å². The SMILES string of the molecule is CCCNc1nc(NC(C)CC)c2cn[nH]c2n1. The molecule has 3 N–H and O–H groups in total. The van der Waals surface area contributed by atoms with Gasteiger partial charge in [0, 0.05) is 12.6 Å². The van der Waals surface area contributed by atoms with Crippen molar-refractivity contribution in [1.29, 1.82) is 0 Å². The van der Waals surface area contributed by atoms with E-state index in [2.05, 4.69) is 51.6 Å². The van der Waals surface area contributed by atoms with Crippen LogP contribution in [0.3, 0.4) is 0 Å². The summed E-state index contributed by atoms with van der Waals surface area (Å²) in [4.78, 5) is 8.89.